The Bertz CT molecular complexity index is 1200. The van der Waals surface area contributed by atoms with E-state index in [1.54, 1.807) is 25.1 Å². The van der Waals surface area contributed by atoms with Crippen molar-refractivity contribution in [1.29, 1.82) is 0 Å². The third-order valence-electron chi connectivity index (χ3n) is 5.48. The summed E-state index contributed by atoms with van der Waals surface area (Å²) in [6, 6.07) is 7.60. The molecule has 2 heterocycles. The molecule has 11 heteroatoms. The number of aliphatic hydroxyl groups is 1. The molecule has 2 aromatic heterocycles. The molecule has 1 amide bonds. The van der Waals surface area contributed by atoms with Crippen molar-refractivity contribution in [3.63, 3.8) is 0 Å². The number of pyridine rings is 1. The second-order valence-electron chi connectivity index (χ2n) is 8.16. The zero-order valence-corrected chi connectivity index (χ0v) is 18.9. The number of nitrogens with two attached hydrogens (primary N) is 1. The summed E-state index contributed by atoms with van der Waals surface area (Å²) in [4.78, 5) is 35.8. The van der Waals surface area contributed by atoms with Crippen molar-refractivity contribution in [1.82, 2.24) is 20.3 Å². The van der Waals surface area contributed by atoms with Crippen molar-refractivity contribution in [2.24, 2.45) is 0 Å². The largest absolute Gasteiger partial charge is 0.480 e. The van der Waals surface area contributed by atoms with Gasteiger partial charge in [0.05, 0.1) is 17.3 Å². The van der Waals surface area contributed by atoms with E-state index < -0.39 is 35.9 Å². The topological polar surface area (TPSA) is 163 Å². The quantitative estimate of drug-likeness (QED) is 0.300. The lowest BCUT2D eigenvalue weighted by atomic mass is 9.83. The maximum atomic E-state index is 13.7. The standard InChI is InChI=1S/C23H27FN6O4/c1-3-4-9-23(2,30-20-18-16(28-22(25)29-20)10-13(24)11-26-18)19(33)14-7-5-6-8-15(14)21(34)27-12-17(31)32/h5-8,10-11,19,33H,3-4,9,12H2,1-2H3,(H,27,34)(H,31,32)(H3,25,28,29,30)/t19?,23-/m1/s1. The summed E-state index contributed by atoms with van der Waals surface area (Å²) >= 11 is 0. The summed E-state index contributed by atoms with van der Waals surface area (Å²) in [5.74, 6) is -2.26. The Labute approximate surface area is 195 Å². The van der Waals surface area contributed by atoms with Gasteiger partial charge in [-0.3, -0.25) is 9.59 Å². The van der Waals surface area contributed by atoms with Crippen molar-refractivity contribution in [2.45, 2.75) is 44.8 Å². The average molecular weight is 471 g/mol. The Morgan fingerprint density at radius 1 is 1.26 bits per heavy atom. The number of hydrogen-bond donors (Lipinski definition) is 5. The number of anilines is 2. The molecule has 2 atom stereocenters. The van der Waals surface area contributed by atoms with Crippen LogP contribution in [0.15, 0.2) is 36.5 Å². The maximum absolute atomic E-state index is 13.7. The van der Waals surface area contributed by atoms with Gasteiger partial charge in [0.25, 0.3) is 5.91 Å². The highest BCUT2D eigenvalue weighted by molar-refractivity contribution is 5.97. The summed E-state index contributed by atoms with van der Waals surface area (Å²) in [5, 5.41) is 25.9. The van der Waals surface area contributed by atoms with Gasteiger partial charge in [-0.15, -0.1) is 0 Å². The Morgan fingerprint density at radius 3 is 2.71 bits per heavy atom. The van der Waals surface area contributed by atoms with Crippen molar-refractivity contribution in [3.8, 4) is 0 Å². The molecule has 0 aliphatic rings. The van der Waals surface area contributed by atoms with Crippen LogP contribution in [0, 0.1) is 5.82 Å². The maximum Gasteiger partial charge on any atom is 0.322 e. The van der Waals surface area contributed by atoms with E-state index in [1.165, 1.54) is 12.1 Å². The van der Waals surface area contributed by atoms with E-state index in [1.807, 2.05) is 6.92 Å². The van der Waals surface area contributed by atoms with Crippen LogP contribution >= 0.6 is 0 Å². The molecule has 0 saturated heterocycles. The van der Waals surface area contributed by atoms with Crippen LogP contribution in [0.3, 0.4) is 0 Å². The number of aliphatic hydroxyl groups excluding tert-OH is 1. The number of aliphatic carboxylic acids is 1. The van der Waals surface area contributed by atoms with E-state index in [-0.39, 0.29) is 28.4 Å². The summed E-state index contributed by atoms with van der Waals surface area (Å²) < 4.78 is 13.7. The Morgan fingerprint density at radius 2 is 2.00 bits per heavy atom. The lowest BCUT2D eigenvalue weighted by Gasteiger charge is -2.37. The number of rotatable bonds is 10. The number of benzene rings is 1. The summed E-state index contributed by atoms with van der Waals surface area (Å²) in [5.41, 5.74) is 5.71. The zero-order chi connectivity index (χ0) is 24.9. The first-order valence-corrected chi connectivity index (χ1v) is 10.8. The average Bonchev–Trinajstić information content (AvgIpc) is 2.80. The predicted molar refractivity (Wildman–Crippen MR) is 125 cm³/mol. The van der Waals surface area contributed by atoms with Gasteiger partial charge in [0.15, 0.2) is 5.82 Å². The predicted octanol–water partition coefficient (Wildman–Crippen LogP) is 2.65. The molecular formula is C23H27FN6O4. The van der Waals surface area contributed by atoms with Gasteiger partial charge in [-0.05, 0) is 25.0 Å². The number of unbranched alkanes of at least 4 members (excludes halogenated alkanes) is 1. The van der Waals surface area contributed by atoms with E-state index in [9.17, 15) is 19.1 Å². The lowest BCUT2D eigenvalue weighted by molar-refractivity contribution is -0.135. The van der Waals surface area contributed by atoms with Crippen LogP contribution in [-0.2, 0) is 4.79 Å². The highest BCUT2D eigenvalue weighted by atomic mass is 19.1. The second-order valence-corrected chi connectivity index (χ2v) is 8.16. The zero-order valence-electron chi connectivity index (χ0n) is 18.9. The molecule has 6 N–H and O–H groups in total. The third kappa shape index (κ3) is 5.54. The number of fused-ring (bicyclic) bond motifs is 1. The highest BCUT2D eigenvalue weighted by Crippen LogP contribution is 2.36. The van der Waals surface area contributed by atoms with Crippen LogP contribution in [0.1, 0.15) is 55.1 Å². The van der Waals surface area contributed by atoms with Gasteiger partial charge < -0.3 is 26.6 Å². The van der Waals surface area contributed by atoms with Crippen molar-refractivity contribution >= 4 is 34.7 Å². The number of carboxylic acids is 1. The molecule has 1 aromatic carbocycles. The summed E-state index contributed by atoms with van der Waals surface area (Å²) in [7, 11) is 0. The van der Waals surface area contributed by atoms with E-state index in [2.05, 4.69) is 25.6 Å². The smallest absolute Gasteiger partial charge is 0.322 e. The Kier molecular flexibility index (Phi) is 7.57. The van der Waals surface area contributed by atoms with Gasteiger partial charge in [-0.1, -0.05) is 38.0 Å². The molecule has 0 radical (unpaired) electrons. The number of nitrogens with zero attached hydrogens (tertiary/aromatic N) is 3. The second kappa shape index (κ2) is 10.4. The van der Waals surface area contributed by atoms with Crippen molar-refractivity contribution in [3.05, 3.63) is 53.5 Å². The van der Waals surface area contributed by atoms with Gasteiger partial charge in [0.2, 0.25) is 5.95 Å². The molecule has 0 aliphatic carbocycles. The number of aromatic nitrogens is 3. The first-order chi connectivity index (χ1) is 16.1. The van der Waals surface area contributed by atoms with Crippen molar-refractivity contribution in [2.75, 3.05) is 17.6 Å². The van der Waals surface area contributed by atoms with E-state index in [0.717, 1.165) is 19.0 Å². The van der Waals surface area contributed by atoms with Crippen LogP contribution < -0.4 is 16.4 Å². The van der Waals surface area contributed by atoms with Gasteiger partial charge >= 0.3 is 5.97 Å². The summed E-state index contributed by atoms with van der Waals surface area (Å²) in [6.45, 7) is 3.22. The number of carbonyl (C=O) groups excluding carboxylic acids is 1. The molecule has 180 valence electrons. The number of hydrogen-bond acceptors (Lipinski definition) is 8. The normalized spacial score (nSPS) is 13.8. The number of nitrogens with one attached hydrogen (secondary N) is 2. The number of halogens is 1. The minimum Gasteiger partial charge on any atom is -0.480 e. The van der Waals surface area contributed by atoms with Gasteiger partial charge in [-0.25, -0.2) is 14.4 Å². The van der Waals surface area contributed by atoms with Crippen molar-refractivity contribution < 1.29 is 24.2 Å². The SMILES string of the molecule is CCCC[C@@](C)(Nc1nc(N)nc2cc(F)cnc12)C(O)c1ccccc1C(=O)NCC(=O)O. The molecule has 0 spiro atoms. The number of carbonyl (C=O) groups is 2. The van der Waals surface area contributed by atoms with E-state index in [4.69, 9.17) is 10.8 Å². The van der Waals surface area contributed by atoms with Crippen LogP contribution in [0.5, 0.6) is 0 Å². The van der Waals surface area contributed by atoms with Gasteiger partial charge in [-0.2, -0.15) is 4.98 Å². The number of amides is 1. The molecular weight excluding hydrogens is 443 g/mol. The summed E-state index contributed by atoms with van der Waals surface area (Å²) in [6.07, 6.45) is 1.87. The first kappa shape index (κ1) is 24.8. The minimum absolute atomic E-state index is 0.0943. The highest BCUT2D eigenvalue weighted by Gasteiger charge is 2.36. The minimum atomic E-state index is -1.21. The fourth-order valence-electron chi connectivity index (χ4n) is 3.72. The molecule has 10 nitrogen and oxygen atoms in total. The fraction of sp³-hybridized carbons (Fsp3) is 0.348. The van der Waals surface area contributed by atoms with Gasteiger partial charge in [0, 0.05) is 11.6 Å². The van der Waals surface area contributed by atoms with E-state index in [0.29, 0.717) is 12.0 Å². The Hall–Kier alpha value is -3.86. The fourth-order valence-corrected chi connectivity index (χ4v) is 3.72. The third-order valence-corrected chi connectivity index (χ3v) is 5.48. The van der Waals surface area contributed by atoms with Crippen LogP contribution in [0.4, 0.5) is 16.2 Å². The molecule has 0 fully saturated rings. The lowest BCUT2D eigenvalue weighted by Crippen LogP contribution is -2.43. The molecule has 0 bridgehead atoms. The molecule has 1 unspecified atom stereocenters. The first-order valence-electron chi connectivity index (χ1n) is 10.8. The molecule has 3 rings (SSSR count). The molecule has 0 aliphatic heterocycles. The molecule has 3 aromatic rings. The molecule has 0 saturated carbocycles. The number of carboxylic acid groups (broad SMARTS) is 1. The van der Waals surface area contributed by atoms with Crippen LogP contribution in [0.25, 0.3) is 11.0 Å². The van der Waals surface area contributed by atoms with Crippen LogP contribution in [-0.4, -0.2) is 49.1 Å². The Balaban J connectivity index is 2.03. The molecule has 34 heavy (non-hydrogen) atoms. The van der Waals surface area contributed by atoms with E-state index >= 15 is 0 Å². The number of nitrogen functional groups attached to an aromatic ring is 1. The van der Waals surface area contributed by atoms with Crippen LogP contribution in [0.2, 0.25) is 0 Å². The monoisotopic (exact) mass is 470 g/mol. The van der Waals surface area contributed by atoms with Gasteiger partial charge in [0.1, 0.15) is 24.0 Å².